The molecule has 98 valence electrons. The molecule has 0 saturated carbocycles. The molecule has 0 N–H and O–H groups in total. The zero-order valence-electron chi connectivity index (χ0n) is 10.4. The van der Waals surface area contributed by atoms with Gasteiger partial charge in [0.15, 0.2) is 0 Å². The van der Waals surface area contributed by atoms with Gasteiger partial charge >= 0.3 is 0 Å². The van der Waals surface area contributed by atoms with Crippen molar-refractivity contribution in [2.24, 2.45) is 0 Å². The van der Waals surface area contributed by atoms with E-state index in [4.69, 9.17) is 4.74 Å². The average molecular weight is 323 g/mol. The number of aryl methyl sites for hydroxylation is 2. The average Bonchev–Trinajstić information content (AvgIpc) is 2.33. The fraction of sp³-hybridized carbons (Fsp3) is 0.154. The second-order valence-corrected chi connectivity index (χ2v) is 4.88. The van der Waals surface area contributed by atoms with Gasteiger partial charge in [0.25, 0.3) is 5.69 Å². The van der Waals surface area contributed by atoms with E-state index in [2.05, 4.69) is 20.9 Å². The normalized spacial score (nSPS) is 10.3. The molecular weight excluding hydrogens is 312 g/mol. The lowest BCUT2D eigenvalue weighted by Crippen LogP contribution is -1.96. The van der Waals surface area contributed by atoms with Crippen LogP contribution in [0, 0.1) is 24.0 Å². The summed E-state index contributed by atoms with van der Waals surface area (Å²) in [6.45, 7) is 3.53. The Morgan fingerprint density at radius 3 is 2.58 bits per heavy atom. The lowest BCUT2D eigenvalue weighted by molar-refractivity contribution is -0.385. The molecule has 0 amide bonds. The molecule has 0 radical (unpaired) electrons. The highest BCUT2D eigenvalue weighted by atomic mass is 79.9. The predicted octanol–water partition coefficient (Wildman–Crippen LogP) is 4.16. The van der Waals surface area contributed by atoms with Crippen molar-refractivity contribution in [2.45, 2.75) is 13.8 Å². The summed E-state index contributed by atoms with van der Waals surface area (Å²) in [5, 5.41) is 10.7. The van der Waals surface area contributed by atoms with Gasteiger partial charge in [-0.1, -0.05) is 15.9 Å². The number of rotatable bonds is 3. The van der Waals surface area contributed by atoms with Crippen LogP contribution in [0.2, 0.25) is 0 Å². The maximum absolute atomic E-state index is 10.7. The van der Waals surface area contributed by atoms with Crippen molar-refractivity contribution in [1.82, 2.24) is 4.98 Å². The third-order valence-corrected chi connectivity index (χ3v) is 3.47. The minimum absolute atomic E-state index is 0.0145. The Hall–Kier alpha value is -1.95. The van der Waals surface area contributed by atoms with E-state index >= 15 is 0 Å². The monoisotopic (exact) mass is 322 g/mol. The molecule has 0 spiro atoms. The van der Waals surface area contributed by atoms with Gasteiger partial charge in [-0.15, -0.1) is 0 Å². The first-order valence-corrected chi connectivity index (χ1v) is 6.32. The van der Waals surface area contributed by atoms with Crippen LogP contribution in [-0.4, -0.2) is 9.91 Å². The van der Waals surface area contributed by atoms with Crippen LogP contribution < -0.4 is 4.74 Å². The Kier molecular flexibility index (Phi) is 3.80. The molecule has 0 bridgehead atoms. The van der Waals surface area contributed by atoms with E-state index in [0.717, 1.165) is 10.0 Å². The number of hydrogen-bond acceptors (Lipinski definition) is 4. The van der Waals surface area contributed by atoms with Gasteiger partial charge < -0.3 is 4.74 Å². The molecule has 2 rings (SSSR count). The number of nitro groups is 1. The van der Waals surface area contributed by atoms with Gasteiger partial charge in [-0.05, 0) is 37.6 Å². The van der Waals surface area contributed by atoms with E-state index in [1.54, 1.807) is 13.0 Å². The van der Waals surface area contributed by atoms with Gasteiger partial charge in [-0.2, -0.15) is 0 Å². The van der Waals surface area contributed by atoms with Crippen LogP contribution >= 0.6 is 15.9 Å². The number of ether oxygens (including phenoxy) is 1. The van der Waals surface area contributed by atoms with Crippen LogP contribution in [0.4, 0.5) is 5.69 Å². The molecule has 1 aromatic heterocycles. The number of benzene rings is 1. The van der Waals surface area contributed by atoms with E-state index in [-0.39, 0.29) is 5.69 Å². The molecule has 0 aliphatic carbocycles. The lowest BCUT2D eigenvalue weighted by Gasteiger charge is -2.07. The molecule has 5 nitrogen and oxygen atoms in total. The summed E-state index contributed by atoms with van der Waals surface area (Å²) >= 11 is 3.41. The second kappa shape index (κ2) is 5.36. The van der Waals surface area contributed by atoms with Crippen LogP contribution in [-0.2, 0) is 0 Å². The zero-order valence-corrected chi connectivity index (χ0v) is 12.0. The van der Waals surface area contributed by atoms with Crippen molar-refractivity contribution in [1.29, 1.82) is 0 Å². The van der Waals surface area contributed by atoms with Crippen molar-refractivity contribution >= 4 is 21.6 Å². The number of halogens is 1. The fourth-order valence-electron chi connectivity index (χ4n) is 1.58. The SMILES string of the molecule is Cc1cc(Oc2ccc([N+](=O)[O-])c(C)n2)ccc1Br. The first kappa shape index (κ1) is 13.5. The van der Waals surface area contributed by atoms with E-state index < -0.39 is 4.92 Å². The van der Waals surface area contributed by atoms with E-state index in [1.165, 1.54) is 12.1 Å². The molecule has 0 aliphatic heterocycles. The Bertz CT molecular complexity index is 644. The zero-order chi connectivity index (χ0) is 14.0. The Labute approximate surface area is 118 Å². The van der Waals surface area contributed by atoms with Crippen molar-refractivity contribution in [3.05, 3.63) is 56.2 Å². The molecule has 6 heteroatoms. The lowest BCUT2D eigenvalue weighted by atomic mass is 10.2. The minimum atomic E-state index is -0.462. The largest absolute Gasteiger partial charge is 0.439 e. The molecular formula is C13H11BrN2O3. The summed E-state index contributed by atoms with van der Waals surface area (Å²) in [4.78, 5) is 14.3. The highest BCUT2D eigenvalue weighted by Crippen LogP contribution is 2.27. The molecule has 1 heterocycles. The Morgan fingerprint density at radius 1 is 1.26 bits per heavy atom. The molecule has 1 aromatic carbocycles. The van der Waals surface area contributed by atoms with E-state index in [0.29, 0.717) is 17.3 Å². The highest BCUT2D eigenvalue weighted by Gasteiger charge is 2.12. The van der Waals surface area contributed by atoms with Crippen LogP contribution in [0.25, 0.3) is 0 Å². The summed E-state index contributed by atoms with van der Waals surface area (Å²) in [6, 6.07) is 8.42. The second-order valence-electron chi connectivity index (χ2n) is 4.02. The van der Waals surface area contributed by atoms with Gasteiger partial charge in [0.1, 0.15) is 11.4 Å². The maximum Gasteiger partial charge on any atom is 0.290 e. The van der Waals surface area contributed by atoms with Crippen molar-refractivity contribution in [3.8, 4) is 11.6 Å². The smallest absolute Gasteiger partial charge is 0.290 e. The van der Waals surface area contributed by atoms with E-state index in [1.807, 2.05) is 19.1 Å². The highest BCUT2D eigenvalue weighted by molar-refractivity contribution is 9.10. The maximum atomic E-state index is 10.7. The van der Waals surface area contributed by atoms with Crippen molar-refractivity contribution in [3.63, 3.8) is 0 Å². The molecule has 0 saturated heterocycles. The summed E-state index contributed by atoms with van der Waals surface area (Å²) in [6.07, 6.45) is 0. The van der Waals surface area contributed by atoms with Gasteiger partial charge in [0.05, 0.1) is 4.92 Å². The van der Waals surface area contributed by atoms with Crippen molar-refractivity contribution < 1.29 is 9.66 Å². The standard InChI is InChI=1S/C13H11BrN2O3/c1-8-7-10(3-4-11(8)14)19-13-6-5-12(16(17)18)9(2)15-13/h3-7H,1-2H3. The van der Waals surface area contributed by atoms with Crippen LogP contribution in [0.1, 0.15) is 11.3 Å². The summed E-state index contributed by atoms with van der Waals surface area (Å²) in [7, 11) is 0. The van der Waals surface area contributed by atoms with E-state index in [9.17, 15) is 10.1 Å². The fourth-order valence-corrected chi connectivity index (χ4v) is 1.83. The van der Waals surface area contributed by atoms with Gasteiger partial charge in [-0.25, -0.2) is 4.98 Å². The first-order valence-electron chi connectivity index (χ1n) is 5.53. The number of nitrogens with zero attached hydrogens (tertiary/aromatic N) is 2. The Morgan fingerprint density at radius 2 is 2.00 bits per heavy atom. The summed E-state index contributed by atoms with van der Waals surface area (Å²) < 4.78 is 6.57. The summed E-state index contributed by atoms with van der Waals surface area (Å²) in [5.41, 5.74) is 1.35. The first-order chi connectivity index (χ1) is 8.97. The van der Waals surface area contributed by atoms with Crippen molar-refractivity contribution in [2.75, 3.05) is 0 Å². The van der Waals surface area contributed by atoms with Gasteiger partial charge in [0, 0.05) is 16.6 Å². The molecule has 0 atom stereocenters. The topological polar surface area (TPSA) is 65.3 Å². The quantitative estimate of drug-likeness (QED) is 0.628. The number of aromatic nitrogens is 1. The number of hydrogen-bond donors (Lipinski definition) is 0. The van der Waals surface area contributed by atoms with Crippen LogP contribution in [0.3, 0.4) is 0 Å². The third-order valence-electron chi connectivity index (χ3n) is 2.58. The third kappa shape index (κ3) is 3.08. The molecule has 0 fully saturated rings. The van der Waals surface area contributed by atoms with Gasteiger partial charge in [-0.3, -0.25) is 10.1 Å². The van der Waals surface area contributed by atoms with Crippen LogP contribution in [0.15, 0.2) is 34.8 Å². The molecule has 2 aromatic rings. The number of pyridine rings is 1. The van der Waals surface area contributed by atoms with Gasteiger partial charge in [0.2, 0.25) is 5.88 Å². The molecule has 19 heavy (non-hydrogen) atoms. The predicted molar refractivity (Wildman–Crippen MR) is 74.6 cm³/mol. The summed E-state index contributed by atoms with van der Waals surface area (Å²) in [5.74, 6) is 0.978. The Balaban J connectivity index is 2.26. The molecule has 0 aliphatic rings. The van der Waals surface area contributed by atoms with Crippen LogP contribution in [0.5, 0.6) is 11.6 Å². The molecule has 0 unspecified atom stereocenters. The minimum Gasteiger partial charge on any atom is -0.439 e.